The molecule has 0 aromatic rings. The lowest BCUT2D eigenvalue weighted by molar-refractivity contribution is -0.120. The Hall–Kier alpha value is -0.530. The van der Waals surface area contributed by atoms with Crippen molar-refractivity contribution < 1.29 is 4.79 Å². The van der Waals surface area contributed by atoms with Crippen LogP contribution in [0.4, 0.5) is 0 Å². The van der Waals surface area contributed by atoms with E-state index in [2.05, 4.69) is 20.8 Å². The molecule has 2 heteroatoms. The first-order chi connectivity index (χ1) is 5.65. The van der Waals surface area contributed by atoms with Crippen molar-refractivity contribution in [1.82, 2.24) is 4.90 Å². The van der Waals surface area contributed by atoms with Gasteiger partial charge in [0.15, 0.2) is 0 Å². The minimum atomic E-state index is 0.392. The van der Waals surface area contributed by atoms with E-state index in [4.69, 9.17) is 0 Å². The molecular formula is C10H19NO. The molecule has 0 N–H and O–H groups in total. The maximum absolute atomic E-state index is 10.7. The van der Waals surface area contributed by atoms with E-state index in [-0.39, 0.29) is 0 Å². The summed E-state index contributed by atoms with van der Waals surface area (Å²) in [6.45, 7) is 7.42. The maximum Gasteiger partial charge on any atom is 0.209 e. The lowest BCUT2D eigenvalue weighted by atomic mass is 10.1. The lowest BCUT2D eigenvalue weighted by Gasteiger charge is -2.28. The van der Waals surface area contributed by atoms with Crippen molar-refractivity contribution in [3.05, 3.63) is 0 Å². The lowest BCUT2D eigenvalue weighted by Crippen LogP contribution is -2.37. The summed E-state index contributed by atoms with van der Waals surface area (Å²) in [5, 5.41) is 0. The minimum absolute atomic E-state index is 0.392. The average Bonchev–Trinajstić information content (AvgIpc) is 2.82. The molecule has 1 aliphatic rings. The molecule has 0 aromatic carbocycles. The van der Waals surface area contributed by atoms with Crippen LogP contribution >= 0.6 is 0 Å². The Kier molecular flexibility index (Phi) is 3.12. The molecule has 0 aromatic heterocycles. The summed E-state index contributed by atoms with van der Waals surface area (Å²) in [4.78, 5) is 12.7. The molecule has 0 spiro atoms. The van der Waals surface area contributed by atoms with Crippen molar-refractivity contribution in [2.45, 2.75) is 39.7 Å². The van der Waals surface area contributed by atoms with Crippen molar-refractivity contribution >= 4 is 6.41 Å². The highest BCUT2D eigenvalue weighted by Gasteiger charge is 2.26. The van der Waals surface area contributed by atoms with Gasteiger partial charge in [0.05, 0.1) is 0 Å². The predicted molar refractivity (Wildman–Crippen MR) is 49.8 cm³/mol. The van der Waals surface area contributed by atoms with Crippen molar-refractivity contribution in [3.8, 4) is 0 Å². The zero-order valence-corrected chi connectivity index (χ0v) is 8.29. The fraction of sp³-hybridized carbons (Fsp3) is 0.900. The van der Waals surface area contributed by atoms with Gasteiger partial charge >= 0.3 is 0 Å². The van der Waals surface area contributed by atoms with Crippen molar-refractivity contribution in [2.75, 3.05) is 6.54 Å². The first-order valence-electron chi connectivity index (χ1n) is 4.86. The van der Waals surface area contributed by atoms with Gasteiger partial charge in [0.25, 0.3) is 0 Å². The Labute approximate surface area is 74.9 Å². The molecule has 0 aliphatic heterocycles. The molecule has 0 heterocycles. The molecule has 70 valence electrons. The van der Waals surface area contributed by atoms with Crippen LogP contribution in [0.15, 0.2) is 0 Å². The second-order valence-electron chi connectivity index (χ2n) is 4.23. The molecule has 1 saturated carbocycles. The van der Waals surface area contributed by atoms with E-state index in [0.717, 1.165) is 18.9 Å². The topological polar surface area (TPSA) is 20.3 Å². The summed E-state index contributed by atoms with van der Waals surface area (Å²) < 4.78 is 0. The zero-order chi connectivity index (χ0) is 9.14. The summed E-state index contributed by atoms with van der Waals surface area (Å²) in [6, 6.07) is 0.392. The van der Waals surface area contributed by atoms with Gasteiger partial charge in [-0.3, -0.25) is 4.79 Å². The standard InChI is InChI=1S/C10H19NO/c1-8(2)9(3)11(7-12)6-10-4-5-10/h7-10H,4-6H2,1-3H3/t9-/m1/s1. The van der Waals surface area contributed by atoms with Crippen LogP contribution in [-0.2, 0) is 4.79 Å². The van der Waals surface area contributed by atoms with E-state index < -0.39 is 0 Å². The van der Waals surface area contributed by atoms with Gasteiger partial charge < -0.3 is 4.90 Å². The van der Waals surface area contributed by atoms with Gasteiger partial charge in [0.1, 0.15) is 0 Å². The van der Waals surface area contributed by atoms with Crippen LogP contribution in [0.3, 0.4) is 0 Å². The first-order valence-corrected chi connectivity index (χ1v) is 4.86. The Morgan fingerprint density at radius 1 is 1.42 bits per heavy atom. The van der Waals surface area contributed by atoms with E-state index in [1.165, 1.54) is 12.8 Å². The molecule has 0 radical (unpaired) electrons. The van der Waals surface area contributed by atoms with Crippen molar-refractivity contribution in [2.24, 2.45) is 11.8 Å². The molecule has 1 rings (SSSR count). The molecule has 2 nitrogen and oxygen atoms in total. The fourth-order valence-corrected chi connectivity index (χ4v) is 1.29. The molecule has 1 amide bonds. The van der Waals surface area contributed by atoms with Gasteiger partial charge in [-0.25, -0.2) is 0 Å². The fourth-order valence-electron chi connectivity index (χ4n) is 1.29. The van der Waals surface area contributed by atoms with Gasteiger partial charge in [-0.05, 0) is 31.6 Å². The zero-order valence-electron chi connectivity index (χ0n) is 8.29. The van der Waals surface area contributed by atoms with Crippen LogP contribution in [0.5, 0.6) is 0 Å². The van der Waals surface area contributed by atoms with E-state index in [9.17, 15) is 4.79 Å². The van der Waals surface area contributed by atoms with E-state index in [1.807, 2.05) is 4.90 Å². The highest BCUT2D eigenvalue weighted by Crippen LogP contribution is 2.30. The summed E-state index contributed by atoms with van der Waals surface area (Å²) >= 11 is 0. The van der Waals surface area contributed by atoms with Crippen LogP contribution in [0, 0.1) is 11.8 Å². The molecular weight excluding hydrogens is 150 g/mol. The number of carbonyl (C=O) groups excluding carboxylic acids is 1. The molecule has 0 saturated heterocycles. The number of carbonyl (C=O) groups is 1. The monoisotopic (exact) mass is 169 g/mol. The van der Waals surface area contributed by atoms with Crippen LogP contribution < -0.4 is 0 Å². The normalized spacial score (nSPS) is 19.3. The number of hydrogen-bond acceptors (Lipinski definition) is 1. The van der Waals surface area contributed by atoms with E-state index >= 15 is 0 Å². The molecule has 0 unspecified atom stereocenters. The molecule has 12 heavy (non-hydrogen) atoms. The Morgan fingerprint density at radius 2 is 2.00 bits per heavy atom. The number of nitrogens with zero attached hydrogens (tertiary/aromatic N) is 1. The van der Waals surface area contributed by atoms with E-state index in [1.54, 1.807) is 0 Å². The third-order valence-corrected chi connectivity index (χ3v) is 2.79. The van der Waals surface area contributed by atoms with Crippen molar-refractivity contribution in [3.63, 3.8) is 0 Å². The third-order valence-electron chi connectivity index (χ3n) is 2.79. The van der Waals surface area contributed by atoms with Crippen molar-refractivity contribution in [1.29, 1.82) is 0 Å². The second kappa shape index (κ2) is 3.92. The smallest absolute Gasteiger partial charge is 0.209 e. The molecule has 0 bridgehead atoms. The van der Waals surface area contributed by atoms with Gasteiger partial charge in [0, 0.05) is 12.6 Å². The Morgan fingerprint density at radius 3 is 2.33 bits per heavy atom. The highest BCUT2D eigenvalue weighted by atomic mass is 16.1. The SMILES string of the molecule is CC(C)[C@@H](C)N(C=O)CC1CC1. The predicted octanol–water partition coefficient (Wildman–Crippen LogP) is 1.90. The Balaban J connectivity index is 2.36. The van der Waals surface area contributed by atoms with Gasteiger partial charge in [0.2, 0.25) is 6.41 Å². The molecule has 1 fully saturated rings. The second-order valence-corrected chi connectivity index (χ2v) is 4.23. The molecule has 1 atom stereocenters. The number of hydrogen-bond donors (Lipinski definition) is 0. The highest BCUT2D eigenvalue weighted by molar-refractivity contribution is 5.47. The van der Waals surface area contributed by atoms with Gasteiger partial charge in [-0.15, -0.1) is 0 Å². The third kappa shape index (κ3) is 2.50. The number of rotatable bonds is 5. The summed E-state index contributed by atoms with van der Waals surface area (Å²) in [5.74, 6) is 1.37. The first kappa shape index (κ1) is 9.56. The van der Waals surface area contributed by atoms with E-state index in [0.29, 0.717) is 12.0 Å². The summed E-state index contributed by atoms with van der Waals surface area (Å²) in [6.07, 6.45) is 3.63. The maximum atomic E-state index is 10.7. The van der Waals surface area contributed by atoms with Gasteiger partial charge in [-0.2, -0.15) is 0 Å². The van der Waals surface area contributed by atoms with Crippen LogP contribution in [0.25, 0.3) is 0 Å². The van der Waals surface area contributed by atoms with Gasteiger partial charge in [-0.1, -0.05) is 13.8 Å². The number of amides is 1. The minimum Gasteiger partial charge on any atom is -0.342 e. The molecule has 1 aliphatic carbocycles. The van der Waals surface area contributed by atoms with Crippen LogP contribution in [-0.4, -0.2) is 23.9 Å². The average molecular weight is 169 g/mol. The largest absolute Gasteiger partial charge is 0.342 e. The Bertz CT molecular complexity index is 152. The van der Waals surface area contributed by atoms with Crippen LogP contribution in [0.2, 0.25) is 0 Å². The van der Waals surface area contributed by atoms with Crippen LogP contribution in [0.1, 0.15) is 33.6 Å². The quantitative estimate of drug-likeness (QED) is 0.576. The summed E-state index contributed by atoms with van der Waals surface area (Å²) in [7, 11) is 0. The summed E-state index contributed by atoms with van der Waals surface area (Å²) in [5.41, 5.74) is 0.